The van der Waals surface area contributed by atoms with Crippen molar-refractivity contribution in [3.8, 4) is 0 Å². The van der Waals surface area contributed by atoms with Gasteiger partial charge in [0.25, 0.3) is 0 Å². The van der Waals surface area contributed by atoms with Crippen molar-refractivity contribution < 1.29 is 0 Å². The third kappa shape index (κ3) is 2.07. The quantitative estimate of drug-likeness (QED) is 0.765. The number of rotatable bonds is 1. The standard InChI is InChI=1S/C12H21N3/c1-9-12(10(2)15(3)14-9)11-7-5-4-6-8-13-11/h11,13H,4-8H2,1-3H3. The summed E-state index contributed by atoms with van der Waals surface area (Å²) in [6, 6.07) is 0.529. The van der Waals surface area contributed by atoms with E-state index in [-0.39, 0.29) is 0 Å². The second-order valence-electron chi connectivity index (χ2n) is 4.56. The Morgan fingerprint density at radius 3 is 2.73 bits per heavy atom. The second-order valence-corrected chi connectivity index (χ2v) is 4.56. The van der Waals surface area contributed by atoms with Gasteiger partial charge >= 0.3 is 0 Å². The lowest BCUT2D eigenvalue weighted by Crippen LogP contribution is -2.21. The van der Waals surface area contributed by atoms with Crippen molar-refractivity contribution in [2.45, 2.75) is 45.6 Å². The molecule has 3 nitrogen and oxygen atoms in total. The molecule has 0 amide bonds. The van der Waals surface area contributed by atoms with Gasteiger partial charge in [-0.3, -0.25) is 4.68 Å². The number of hydrogen-bond acceptors (Lipinski definition) is 2. The van der Waals surface area contributed by atoms with Gasteiger partial charge in [-0.15, -0.1) is 0 Å². The summed E-state index contributed by atoms with van der Waals surface area (Å²) in [7, 11) is 2.03. The van der Waals surface area contributed by atoms with Crippen molar-refractivity contribution in [3.05, 3.63) is 17.0 Å². The van der Waals surface area contributed by atoms with Crippen LogP contribution in [0.5, 0.6) is 0 Å². The molecule has 0 radical (unpaired) electrons. The van der Waals surface area contributed by atoms with E-state index in [2.05, 4.69) is 24.3 Å². The van der Waals surface area contributed by atoms with Gasteiger partial charge in [0.05, 0.1) is 5.69 Å². The van der Waals surface area contributed by atoms with Gasteiger partial charge in [-0.25, -0.2) is 0 Å². The Morgan fingerprint density at radius 1 is 1.27 bits per heavy atom. The average Bonchev–Trinajstić information content (AvgIpc) is 2.46. The Labute approximate surface area is 91.9 Å². The van der Waals surface area contributed by atoms with Crippen LogP contribution >= 0.6 is 0 Å². The van der Waals surface area contributed by atoms with Gasteiger partial charge in [-0.1, -0.05) is 12.8 Å². The third-order valence-corrected chi connectivity index (χ3v) is 3.47. The van der Waals surface area contributed by atoms with E-state index >= 15 is 0 Å². The highest BCUT2D eigenvalue weighted by atomic mass is 15.3. The molecule has 0 saturated carbocycles. The van der Waals surface area contributed by atoms with E-state index in [1.807, 2.05) is 11.7 Å². The van der Waals surface area contributed by atoms with E-state index in [0.717, 1.165) is 6.54 Å². The summed E-state index contributed by atoms with van der Waals surface area (Å²) < 4.78 is 2.00. The minimum absolute atomic E-state index is 0.529. The maximum absolute atomic E-state index is 4.49. The Kier molecular flexibility index (Phi) is 3.10. The lowest BCUT2D eigenvalue weighted by Gasteiger charge is -2.16. The predicted molar refractivity (Wildman–Crippen MR) is 61.9 cm³/mol. The first-order chi connectivity index (χ1) is 7.20. The molecule has 15 heavy (non-hydrogen) atoms. The first kappa shape index (κ1) is 10.7. The lowest BCUT2D eigenvalue weighted by atomic mass is 10.0. The summed E-state index contributed by atoms with van der Waals surface area (Å²) >= 11 is 0. The van der Waals surface area contributed by atoms with Gasteiger partial charge in [0.2, 0.25) is 0 Å². The molecule has 1 aromatic heterocycles. The smallest absolute Gasteiger partial charge is 0.0644 e. The summed E-state index contributed by atoms with van der Waals surface area (Å²) in [6.07, 6.45) is 5.27. The number of hydrogen-bond donors (Lipinski definition) is 1. The van der Waals surface area contributed by atoms with E-state index in [9.17, 15) is 0 Å². The minimum Gasteiger partial charge on any atom is -0.310 e. The van der Waals surface area contributed by atoms with Crippen LogP contribution in [0.15, 0.2) is 0 Å². The number of nitrogens with zero attached hydrogens (tertiary/aromatic N) is 2. The van der Waals surface area contributed by atoms with Crippen LogP contribution in [0.3, 0.4) is 0 Å². The van der Waals surface area contributed by atoms with Crippen LogP contribution in [0.4, 0.5) is 0 Å². The van der Waals surface area contributed by atoms with Crippen molar-refractivity contribution >= 4 is 0 Å². The highest BCUT2D eigenvalue weighted by molar-refractivity contribution is 5.28. The van der Waals surface area contributed by atoms with Crippen LogP contribution in [0.1, 0.15) is 48.7 Å². The number of aryl methyl sites for hydroxylation is 2. The molecule has 2 rings (SSSR count). The molecule has 2 heterocycles. The molecule has 1 saturated heterocycles. The van der Waals surface area contributed by atoms with Crippen LogP contribution in [0.25, 0.3) is 0 Å². The molecule has 84 valence electrons. The van der Waals surface area contributed by atoms with Crippen LogP contribution in [0.2, 0.25) is 0 Å². The van der Waals surface area contributed by atoms with Gasteiger partial charge in [-0.2, -0.15) is 5.10 Å². The molecule has 1 N–H and O–H groups in total. The minimum atomic E-state index is 0.529. The number of aromatic nitrogens is 2. The van der Waals surface area contributed by atoms with E-state index in [1.54, 1.807) is 0 Å². The molecule has 1 aliphatic heterocycles. The fourth-order valence-corrected chi connectivity index (χ4v) is 2.57. The molecule has 1 unspecified atom stereocenters. The molecule has 0 spiro atoms. The topological polar surface area (TPSA) is 29.9 Å². The van der Waals surface area contributed by atoms with Crippen LogP contribution in [-0.2, 0) is 7.05 Å². The van der Waals surface area contributed by atoms with E-state index < -0.39 is 0 Å². The van der Waals surface area contributed by atoms with Crippen LogP contribution in [-0.4, -0.2) is 16.3 Å². The second kappa shape index (κ2) is 4.35. The lowest BCUT2D eigenvalue weighted by molar-refractivity contribution is 0.529. The molecule has 0 aromatic carbocycles. The first-order valence-corrected chi connectivity index (χ1v) is 5.93. The van der Waals surface area contributed by atoms with Crippen LogP contribution < -0.4 is 5.32 Å². The summed E-state index contributed by atoms with van der Waals surface area (Å²) in [5.74, 6) is 0. The van der Waals surface area contributed by atoms with Crippen molar-refractivity contribution in [1.29, 1.82) is 0 Å². The zero-order chi connectivity index (χ0) is 10.8. The maximum atomic E-state index is 4.49. The third-order valence-electron chi connectivity index (χ3n) is 3.47. The maximum Gasteiger partial charge on any atom is 0.0644 e. The number of nitrogens with one attached hydrogen (secondary N) is 1. The Bertz CT molecular complexity index is 333. The SMILES string of the molecule is Cc1nn(C)c(C)c1C1CCCCCN1. The summed E-state index contributed by atoms with van der Waals surface area (Å²) in [6.45, 7) is 5.44. The molecule has 3 heteroatoms. The predicted octanol–water partition coefficient (Wildman–Crippen LogP) is 2.24. The molecular formula is C12H21N3. The average molecular weight is 207 g/mol. The fraction of sp³-hybridized carbons (Fsp3) is 0.750. The highest BCUT2D eigenvalue weighted by Crippen LogP contribution is 2.27. The Balaban J connectivity index is 2.26. The summed E-state index contributed by atoms with van der Waals surface area (Å²) in [5.41, 5.74) is 3.93. The molecule has 0 aliphatic carbocycles. The van der Waals surface area contributed by atoms with E-state index in [0.29, 0.717) is 6.04 Å². The van der Waals surface area contributed by atoms with Crippen molar-refractivity contribution in [1.82, 2.24) is 15.1 Å². The highest BCUT2D eigenvalue weighted by Gasteiger charge is 2.20. The summed E-state index contributed by atoms with van der Waals surface area (Å²) in [5, 5.41) is 8.13. The van der Waals surface area contributed by atoms with Crippen LogP contribution in [0, 0.1) is 13.8 Å². The van der Waals surface area contributed by atoms with E-state index in [1.165, 1.54) is 42.6 Å². The van der Waals surface area contributed by atoms with Gasteiger partial charge in [-0.05, 0) is 33.2 Å². The van der Waals surface area contributed by atoms with Crippen molar-refractivity contribution in [3.63, 3.8) is 0 Å². The molecule has 0 bridgehead atoms. The largest absolute Gasteiger partial charge is 0.310 e. The van der Waals surface area contributed by atoms with E-state index in [4.69, 9.17) is 0 Å². The molecular weight excluding hydrogens is 186 g/mol. The fourth-order valence-electron chi connectivity index (χ4n) is 2.57. The first-order valence-electron chi connectivity index (χ1n) is 5.93. The molecule has 1 aliphatic rings. The molecule has 1 aromatic rings. The monoisotopic (exact) mass is 207 g/mol. The van der Waals surface area contributed by atoms with Gasteiger partial charge in [0.15, 0.2) is 0 Å². The van der Waals surface area contributed by atoms with Crippen molar-refractivity contribution in [2.75, 3.05) is 6.54 Å². The molecule has 1 fully saturated rings. The Morgan fingerprint density at radius 2 is 2.07 bits per heavy atom. The Hall–Kier alpha value is -0.830. The zero-order valence-electron chi connectivity index (χ0n) is 10.0. The van der Waals surface area contributed by atoms with Crippen molar-refractivity contribution in [2.24, 2.45) is 7.05 Å². The zero-order valence-corrected chi connectivity index (χ0v) is 10.0. The van der Waals surface area contributed by atoms with Gasteiger partial charge in [0.1, 0.15) is 0 Å². The van der Waals surface area contributed by atoms with Gasteiger partial charge < -0.3 is 5.32 Å². The summed E-state index contributed by atoms with van der Waals surface area (Å²) in [4.78, 5) is 0. The normalized spacial score (nSPS) is 22.7. The van der Waals surface area contributed by atoms with Gasteiger partial charge in [0, 0.05) is 24.3 Å². The molecule has 1 atom stereocenters.